The lowest BCUT2D eigenvalue weighted by Crippen LogP contribution is -2.38. The number of benzene rings is 1. The average Bonchev–Trinajstić information content (AvgIpc) is 3.04. The highest BCUT2D eigenvalue weighted by atomic mass is 127. The number of aromatic nitrogens is 2. The fourth-order valence-corrected chi connectivity index (χ4v) is 2.91. The highest BCUT2D eigenvalue weighted by Gasteiger charge is 2.06. The minimum atomic E-state index is 0. The summed E-state index contributed by atoms with van der Waals surface area (Å²) in [7, 11) is 0. The van der Waals surface area contributed by atoms with Crippen LogP contribution in [0, 0.1) is 13.8 Å². The van der Waals surface area contributed by atoms with Gasteiger partial charge in [-0.05, 0) is 39.2 Å². The number of unbranched alkanes of at least 4 members (excludes halogenated alkanes) is 1. The van der Waals surface area contributed by atoms with E-state index < -0.39 is 0 Å². The summed E-state index contributed by atoms with van der Waals surface area (Å²) in [6.45, 7) is 12.1. The van der Waals surface area contributed by atoms with Crippen LogP contribution in [0.2, 0.25) is 0 Å². The van der Waals surface area contributed by atoms with E-state index in [4.69, 9.17) is 4.99 Å². The molecule has 0 bridgehead atoms. The highest BCUT2D eigenvalue weighted by molar-refractivity contribution is 14.0. The zero-order valence-corrected chi connectivity index (χ0v) is 19.4. The van der Waals surface area contributed by atoms with Crippen LogP contribution in [0.5, 0.6) is 0 Å². The van der Waals surface area contributed by atoms with Crippen molar-refractivity contribution < 1.29 is 0 Å². The number of aliphatic imine (C=N–C) groups is 1. The van der Waals surface area contributed by atoms with E-state index in [1.54, 1.807) is 0 Å². The van der Waals surface area contributed by atoms with Crippen LogP contribution in [0.15, 0.2) is 41.7 Å². The van der Waals surface area contributed by atoms with Gasteiger partial charge in [-0.25, -0.2) is 4.98 Å². The first-order valence-corrected chi connectivity index (χ1v) is 9.66. The number of guanidine groups is 1. The largest absolute Gasteiger partial charge is 0.357 e. The zero-order chi connectivity index (χ0) is 18.8. The summed E-state index contributed by atoms with van der Waals surface area (Å²) in [6.07, 6.45) is 6.14. The van der Waals surface area contributed by atoms with Crippen molar-refractivity contribution in [3.63, 3.8) is 0 Å². The molecule has 0 saturated carbocycles. The van der Waals surface area contributed by atoms with Gasteiger partial charge in [0, 0.05) is 44.5 Å². The molecule has 0 aliphatic rings. The van der Waals surface area contributed by atoms with Gasteiger partial charge in [-0.1, -0.05) is 36.8 Å². The lowest BCUT2D eigenvalue weighted by Gasteiger charge is -2.14. The van der Waals surface area contributed by atoms with E-state index in [2.05, 4.69) is 65.2 Å². The number of aryl methyl sites for hydroxylation is 3. The molecular weight excluding hydrogens is 449 g/mol. The Morgan fingerprint density at radius 2 is 2.04 bits per heavy atom. The van der Waals surface area contributed by atoms with Gasteiger partial charge >= 0.3 is 0 Å². The molecule has 0 aliphatic carbocycles. The Bertz CT molecular complexity index is 695. The van der Waals surface area contributed by atoms with Gasteiger partial charge in [-0.2, -0.15) is 0 Å². The van der Waals surface area contributed by atoms with Gasteiger partial charge in [-0.15, -0.1) is 24.0 Å². The number of nitrogens with one attached hydrogen (secondary N) is 2. The molecule has 1 unspecified atom stereocenters. The van der Waals surface area contributed by atoms with E-state index in [-0.39, 0.29) is 24.0 Å². The van der Waals surface area contributed by atoms with Crippen LogP contribution in [0.4, 0.5) is 0 Å². The quantitative estimate of drug-likeness (QED) is 0.243. The Morgan fingerprint density at radius 3 is 2.70 bits per heavy atom. The fraction of sp³-hybridized carbons (Fsp3) is 0.524. The van der Waals surface area contributed by atoms with Gasteiger partial charge in [0.05, 0.1) is 0 Å². The SMILES string of the molecule is CCNC(=NCC(C)c1cccc(C)c1)NCCCCn1ccnc1C.I. The first-order chi connectivity index (χ1) is 12.6. The summed E-state index contributed by atoms with van der Waals surface area (Å²) < 4.78 is 2.20. The van der Waals surface area contributed by atoms with Crippen LogP contribution in [0.25, 0.3) is 0 Å². The molecule has 0 radical (unpaired) electrons. The monoisotopic (exact) mass is 483 g/mol. The third-order valence-electron chi connectivity index (χ3n) is 4.52. The summed E-state index contributed by atoms with van der Waals surface area (Å²) >= 11 is 0. The van der Waals surface area contributed by atoms with Gasteiger partial charge in [0.25, 0.3) is 0 Å². The van der Waals surface area contributed by atoms with E-state index in [1.807, 2.05) is 19.3 Å². The van der Waals surface area contributed by atoms with Crippen molar-refractivity contribution in [1.82, 2.24) is 20.2 Å². The minimum Gasteiger partial charge on any atom is -0.357 e. The lowest BCUT2D eigenvalue weighted by molar-refractivity contribution is 0.588. The van der Waals surface area contributed by atoms with Gasteiger partial charge < -0.3 is 15.2 Å². The molecule has 2 N–H and O–H groups in total. The van der Waals surface area contributed by atoms with Crippen molar-refractivity contribution in [3.8, 4) is 0 Å². The predicted molar refractivity (Wildman–Crippen MR) is 125 cm³/mol. The molecule has 2 rings (SSSR count). The molecule has 1 aromatic carbocycles. The normalized spacial score (nSPS) is 12.4. The summed E-state index contributed by atoms with van der Waals surface area (Å²) in [5.41, 5.74) is 2.65. The second-order valence-electron chi connectivity index (χ2n) is 6.84. The van der Waals surface area contributed by atoms with Gasteiger partial charge in [-0.3, -0.25) is 4.99 Å². The molecule has 6 heteroatoms. The maximum Gasteiger partial charge on any atom is 0.191 e. The van der Waals surface area contributed by atoms with Crippen molar-refractivity contribution in [2.45, 2.75) is 53.0 Å². The van der Waals surface area contributed by atoms with E-state index in [1.165, 1.54) is 11.1 Å². The molecule has 0 saturated heterocycles. The van der Waals surface area contributed by atoms with Crippen molar-refractivity contribution >= 4 is 29.9 Å². The summed E-state index contributed by atoms with van der Waals surface area (Å²) in [4.78, 5) is 9.02. The fourth-order valence-electron chi connectivity index (χ4n) is 2.91. The molecule has 0 spiro atoms. The summed E-state index contributed by atoms with van der Waals surface area (Å²) in [5.74, 6) is 2.40. The highest BCUT2D eigenvalue weighted by Crippen LogP contribution is 2.16. The van der Waals surface area contributed by atoms with Crippen LogP contribution in [0.3, 0.4) is 0 Å². The van der Waals surface area contributed by atoms with Crippen LogP contribution >= 0.6 is 24.0 Å². The number of nitrogens with zero attached hydrogens (tertiary/aromatic N) is 3. The lowest BCUT2D eigenvalue weighted by atomic mass is 10.00. The Labute approximate surface area is 181 Å². The second kappa shape index (κ2) is 12.8. The zero-order valence-electron chi connectivity index (χ0n) is 17.0. The molecule has 0 aliphatic heterocycles. The third kappa shape index (κ3) is 8.32. The molecular formula is C21H34IN5. The molecule has 27 heavy (non-hydrogen) atoms. The topological polar surface area (TPSA) is 54.2 Å². The van der Waals surface area contributed by atoms with Gasteiger partial charge in [0.15, 0.2) is 5.96 Å². The Morgan fingerprint density at radius 1 is 1.22 bits per heavy atom. The van der Waals surface area contributed by atoms with Crippen LogP contribution in [0.1, 0.15) is 49.6 Å². The second-order valence-corrected chi connectivity index (χ2v) is 6.84. The first-order valence-electron chi connectivity index (χ1n) is 9.66. The van der Waals surface area contributed by atoms with Crippen molar-refractivity contribution in [3.05, 3.63) is 53.6 Å². The first kappa shape index (κ1) is 23.5. The maximum absolute atomic E-state index is 4.76. The molecule has 1 heterocycles. The van der Waals surface area contributed by atoms with Crippen molar-refractivity contribution in [2.24, 2.45) is 4.99 Å². The van der Waals surface area contributed by atoms with E-state index in [9.17, 15) is 0 Å². The summed E-state index contributed by atoms with van der Waals surface area (Å²) in [5, 5.41) is 6.79. The Kier molecular flexibility index (Phi) is 11.1. The molecule has 2 aromatic rings. The number of hydrogen-bond donors (Lipinski definition) is 2. The third-order valence-corrected chi connectivity index (χ3v) is 4.52. The Hall–Kier alpha value is -1.57. The maximum atomic E-state index is 4.76. The van der Waals surface area contributed by atoms with Crippen molar-refractivity contribution in [2.75, 3.05) is 19.6 Å². The smallest absolute Gasteiger partial charge is 0.191 e. The average molecular weight is 483 g/mol. The van der Waals surface area contributed by atoms with Crippen LogP contribution in [-0.2, 0) is 6.54 Å². The molecule has 1 aromatic heterocycles. The standard InChI is InChI=1S/C21H33N5.HI/c1-5-22-21(24-11-6-7-13-26-14-12-23-19(26)4)25-16-18(3)20-10-8-9-17(2)15-20;/h8-10,12,14-15,18H,5-7,11,13,16H2,1-4H3,(H2,22,24,25);1H. The Balaban J connectivity index is 0.00000364. The summed E-state index contributed by atoms with van der Waals surface area (Å²) in [6, 6.07) is 8.69. The van der Waals surface area contributed by atoms with Crippen molar-refractivity contribution in [1.29, 1.82) is 0 Å². The van der Waals surface area contributed by atoms with E-state index in [0.717, 1.165) is 50.8 Å². The molecule has 1 atom stereocenters. The van der Waals surface area contributed by atoms with Crippen LogP contribution < -0.4 is 10.6 Å². The minimum absolute atomic E-state index is 0. The van der Waals surface area contributed by atoms with Gasteiger partial charge in [0.1, 0.15) is 5.82 Å². The van der Waals surface area contributed by atoms with E-state index in [0.29, 0.717) is 5.92 Å². The number of rotatable bonds is 9. The molecule has 0 amide bonds. The predicted octanol–water partition coefficient (Wildman–Crippen LogP) is 4.26. The van der Waals surface area contributed by atoms with Crippen LogP contribution in [-0.4, -0.2) is 35.1 Å². The van der Waals surface area contributed by atoms with E-state index >= 15 is 0 Å². The van der Waals surface area contributed by atoms with Gasteiger partial charge in [0.2, 0.25) is 0 Å². The number of hydrogen-bond acceptors (Lipinski definition) is 2. The number of imidazole rings is 1. The number of halogens is 1. The molecule has 0 fully saturated rings. The molecule has 150 valence electrons. The molecule has 5 nitrogen and oxygen atoms in total.